The third-order valence-electron chi connectivity index (χ3n) is 6.75. The fourth-order valence-corrected chi connectivity index (χ4v) is 4.33. The molecule has 210 valence electrons. The maximum atomic E-state index is 10.5. The van der Waals surface area contributed by atoms with E-state index in [2.05, 4.69) is 17.9 Å². The van der Waals surface area contributed by atoms with Crippen molar-refractivity contribution in [1.82, 2.24) is 4.90 Å². The number of nitrogens with zero attached hydrogens (tertiary/aromatic N) is 1. The van der Waals surface area contributed by atoms with Crippen LogP contribution in [-0.2, 0) is 17.8 Å². The second-order valence-electron chi connectivity index (χ2n) is 9.29. The molecule has 0 aromatic heterocycles. The summed E-state index contributed by atoms with van der Waals surface area (Å²) in [7, 11) is 1.66. The number of hydrogen-bond acceptors (Lipinski definition) is 5. The Balaban J connectivity index is 0.000000208. The summed E-state index contributed by atoms with van der Waals surface area (Å²) in [5.74, 6) is 1.75. The number of hydrogen-bond donors (Lipinski definition) is 1. The molecule has 7 heteroatoms. The summed E-state index contributed by atoms with van der Waals surface area (Å²) >= 11 is 0. The smallest absolute Gasteiger partial charge is 0.497 e. The number of ether oxygens (including phenoxy) is 3. The number of primary amides is 1. The molecule has 1 amide bonds. The molecule has 3 aliphatic rings. The molecule has 6 rings (SSSR count). The standard InChI is InChI=1S/C14H14O2.C9H16N2O2.C8H8.Yb/c1-15-13-9-7-12(8-10-13)11-16-14-5-3-2-4-6-14;10-8(12)13-7-9-1-4-11(5-2-9)6-3-9;1-2-8-6-4-3-5-7-8;/h2-10H,11H2,1H3;1-7H2,(H2,10,12);3-6H,1-2H2;/q;;-2;+2. The van der Waals surface area contributed by atoms with Crippen LogP contribution in [0.1, 0.15) is 30.4 Å². The minimum atomic E-state index is -0.637. The molecule has 0 radical (unpaired) electrons. The topological polar surface area (TPSA) is 74.0 Å². The van der Waals surface area contributed by atoms with Crippen molar-refractivity contribution in [1.29, 1.82) is 0 Å². The van der Waals surface area contributed by atoms with Gasteiger partial charge in [0.2, 0.25) is 0 Å². The first kappa shape index (κ1) is 32.2. The number of rotatable bonds is 7. The molecular formula is C31H38N2O4Yb. The van der Waals surface area contributed by atoms with Crippen LogP contribution < -0.4 is 15.2 Å². The molecule has 2 bridgehead atoms. The summed E-state index contributed by atoms with van der Waals surface area (Å²) in [6, 6.07) is 28.6. The van der Waals surface area contributed by atoms with Crippen molar-refractivity contribution in [2.75, 3.05) is 33.4 Å². The molecule has 38 heavy (non-hydrogen) atoms. The number of benzene rings is 3. The number of carbonyl (C=O) groups excluding carboxylic acids is 1. The minimum absolute atomic E-state index is 0. The number of amides is 1. The summed E-state index contributed by atoms with van der Waals surface area (Å²) in [5.41, 5.74) is 7.52. The van der Waals surface area contributed by atoms with Crippen LogP contribution in [0.5, 0.6) is 11.5 Å². The first-order valence-electron chi connectivity index (χ1n) is 12.7. The molecule has 2 N–H and O–H groups in total. The normalized spacial score (nSPS) is 18.8. The molecule has 0 saturated carbocycles. The van der Waals surface area contributed by atoms with Crippen molar-refractivity contribution in [2.24, 2.45) is 11.1 Å². The van der Waals surface area contributed by atoms with E-state index < -0.39 is 6.09 Å². The summed E-state index contributed by atoms with van der Waals surface area (Å²) in [6.45, 7) is 8.29. The zero-order valence-electron chi connectivity index (χ0n) is 22.0. The zero-order chi connectivity index (χ0) is 26.3. The van der Waals surface area contributed by atoms with Crippen LogP contribution in [0.25, 0.3) is 0 Å². The minimum Gasteiger partial charge on any atom is -0.497 e. The van der Waals surface area contributed by atoms with Crippen LogP contribution in [0.3, 0.4) is 0 Å². The summed E-state index contributed by atoms with van der Waals surface area (Å²) in [6.07, 6.45) is 3.66. The number of nitrogens with two attached hydrogens (primary N) is 1. The van der Waals surface area contributed by atoms with E-state index in [1.807, 2.05) is 78.9 Å². The van der Waals surface area contributed by atoms with Gasteiger partial charge in [-0.3, -0.25) is 0 Å². The van der Waals surface area contributed by atoms with E-state index in [0.717, 1.165) is 62.4 Å². The molecular weight excluding hydrogens is 637 g/mol. The fourth-order valence-electron chi connectivity index (χ4n) is 4.33. The summed E-state index contributed by atoms with van der Waals surface area (Å²) in [5, 5.41) is 0. The van der Waals surface area contributed by atoms with Gasteiger partial charge in [-0.1, -0.05) is 30.3 Å². The van der Waals surface area contributed by atoms with Gasteiger partial charge in [-0.25, -0.2) is 4.79 Å². The first-order valence-corrected chi connectivity index (χ1v) is 12.7. The second-order valence-corrected chi connectivity index (χ2v) is 9.29. The average Bonchev–Trinajstić information content (AvgIpc) is 2.98. The van der Waals surface area contributed by atoms with Crippen molar-refractivity contribution in [3.8, 4) is 11.5 Å². The number of methoxy groups -OCH3 is 1. The third kappa shape index (κ3) is 11.4. The van der Waals surface area contributed by atoms with Crippen molar-refractivity contribution in [2.45, 2.75) is 32.3 Å². The predicted octanol–water partition coefficient (Wildman–Crippen LogP) is 5.71. The Morgan fingerprint density at radius 3 is 2.08 bits per heavy atom. The van der Waals surface area contributed by atoms with Gasteiger partial charge in [-0.15, -0.1) is 0 Å². The van der Waals surface area contributed by atoms with E-state index in [9.17, 15) is 4.79 Å². The largest absolute Gasteiger partial charge is 2.00 e. The van der Waals surface area contributed by atoms with Crippen molar-refractivity contribution < 1.29 is 65.9 Å². The van der Waals surface area contributed by atoms with Gasteiger partial charge in [-0.05, 0) is 68.7 Å². The van der Waals surface area contributed by atoms with Crippen molar-refractivity contribution in [3.05, 3.63) is 103 Å². The first-order chi connectivity index (χ1) is 18.0. The van der Waals surface area contributed by atoms with Gasteiger partial charge >= 0.3 is 53.0 Å². The Hall–Kier alpha value is -1.99. The molecule has 3 aliphatic heterocycles. The average molecular weight is 676 g/mol. The van der Waals surface area contributed by atoms with E-state index in [-0.39, 0.29) is 52.3 Å². The molecule has 3 heterocycles. The van der Waals surface area contributed by atoms with Gasteiger partial charge in [-0.2, -0.15) is 42.3 Å². The maximum Gasteiger partial charge on any atom is 2.00 e. The molecule has 6 nitrogen and oxygen atoms in total. The van der Waals surface area contributed by atoms with Gasteiger partial charge < -0.3 is 31.8 Å². The van der Waals surface area contributed by atoms with Gasteiger partial charge in [0.15, 0.2) is 0 Å². The SMILES string of the molecule is COc1ccc(COc2ccccc2)cc1.NC(=O)OCC12CCN(CC1)CC2.[CH2-]Cc1[c-]cccc1.[Yb+2]. The predicted molar refractivity (Wildman–Crippen MR) is 146 cm³/mol. The fraction of sp³-hybridized carbons (Fsp3) is 0.355. The molecule has 0 aliphatic carbocycles. The van der Waals surface area contributed by atoms with Crippen LogP contribution >= 0.6 is 0 Å². The van der Waals surface area contributed by atoms with E-state index in [4.69, 9.17) is 19.9 Å². The quantitative estimate of drug-likeness (QED) is 0.326. The van der Waals surface area contributed by atoms with Gasteiger partial charge in [0, 0.05) is 5.41 Å². The van der Waals surface area contributed by atoms with Gasteiger partial charge in [0.05, 0.1) is 13.7 Å². The van der Waals surface area contributed by atoms with Crippen LogP contribution in [0.4, 0.5) is 4.79 Å². The zero-order valence-corrected chi connectivity index (χ0v) is 23.7. The molecule has 3 aromatic rings. The summed E-state index contributed by atoms with van der Waals surface area (Å²) < 4.78 is 15.6. The maximum absolute atomic E-state index is 10.5. The number of piperidine rings is 3. The molecule has 0 atom stereocenters. The van der Waals surface area contributed by atoms with Crippen LogP contribution in [0.15, 0.2) is 78.9 Å². The van der Waals surface area contributed by atoms with Crippen molar-refractivity contribution in [3.63, 3.8) is 0 Å². The molecule has 0 spiro atoms. The molecule has 3 fully saturated rings. The van der Waals surface area contributed by atoms with E-state index in [1.54, 1.807) is 7.11 Å². The Morgan fingerprint density at radius 2 is 1.58 bits per heavy atom. The summed E-state index contributed by atoms with van der Waals surface area (Å²) in [4.78, 5) is 13.0. The Bertz CT molecular complexity index is 1030. The number of fused-ring (bicyclic) bond motifs is 3. The van der Waals surface area contributed by atoms with Crippen LogP contribution in [0.2, 0.25) is 0 Å². The second kappa shape index (κ2) is 17.6. The molecule has 3 aromatic carbocycles. The van der Waals surface area contributed by atoms with Gasteiger partial charge in [0.1, 0.15) is 18.1 Å². The molecule has 3 saturated heterocycles. The Labute approximate surface area is 266 Å². The number of carbonyl (C=O) groups is 1. The van der Waals surface area contributed by atoms with Crippen LogP contribution in [-0.4, -0.2) is 44.3 Å². The Kier molecular flexibility index (Phi) is 14.9. The Morgan fingerprint density at radius 1 is 0.947 bits per heavy atom. The third-order valence-corrected chi connectivity index (χ3v) is 6.75. The van der Waals surface area contributed by atoms with Crippen LogP contribution in [0, 0.1) is 65.3 Å². The van der Waals surface area contributed by atoms with E-state index in [0.29, 0.717) is 13.2 Å². The monoisotopic (exact) mass is 676 g/mol. The molecule has 0 unspecified atom stereocenters. The van der Waals surface area contributed by atoms with E-state index >= 15 is 0 Å². The van der Waals surface area contributed by atoms with E-state index in [1.165, 1.54) is 5.56 Å². The van der Waals surface area contributed by atoms with Gasteiger partial charge in [0.25, 0.3) is 0 Å². The number of para-hydroxylation sites is 1. The van der Waals surface area contributed by atoms with Crippen molar-refractivity contribution >= 4 is 6.09 Å².